The van der Waals surface area contributed by atoms with Crippen LogP contribution in [0.1, 0.15) is 31.7 Å². The Kier molecular flexibility index (Phi) is 8.68. The van der Waals surface area contributed by atoms with E-state index < -0.39 is 16.0 Å². The molecule has 1 aliphatic carbocycles. The molecular weight excluding hydrogens is 544 g/mol. The van der Waals surface area contributed by atoms with Crippen molar-refractivity contribution < 1.29 is 26.5 Å². The van der Waals surface area contributed by atoms with Crippen LogP contribution in [0.4, 0.5) is 26.2 Å². The fourth-order valence-electron chi connectivity index (χ4n) is 4.55. The third kappa shape index (κ3) is 7.50. The van der Waals surface area contributed by atoms with Crippen LogP contribution >= 0.6 is 0 Å². The molecule has 6 rings (SSSR count). The molecule has 3 aromatic rings. The van der Waals surface area contributed by atoms with Crippen LogP contribution in [0.15, 0.2) is 53.8 Å². The lowest BCUT2D eigenvalue weighted by molar-refractivity contribution is -0.121. The zero-order chi connectivity index (χ0) is 29.1. The third-order valence-electron chi connectivity index (χ3n) is 7.04. The maximum atomic E-state index is 11.5. The second kappa shape index (κ2) is 11.8. The highest BCUT2D eigenvalue weighted by atomic mass is 32.2. The van der Waals surface area contributed by atoms with E-state index in [4.69, 9.17) is 4.55 Å². The largest absolute Gasteiger partial charge is 0.352 e. The quantitative estimate of drug-likeness (QED) is 0.344. The first-order valence-electron chi connectivity index (χ1n) is 12.8. The van der Waals surface area contributed by atoms with Gasteiger partial charge in [-0.15, -0.1) is 0 Å². The standard InChI is InChI=1S/C15H19N7O.C7H8O3S.C4H6F2/c1-20-7-11(6-17-20)18-15-16-5-4-14(19-15)21-8-12-2-3-13(9-21)22(12)10-23;1-6-2-4-7(5-3-6)11(8,9)10;1-3-2-4(3,5)6/h4-7,10,12-13H,2-3,8-9H2,1H3,(H,16,18,19);2-5H,1H3,(H,8,9,10);3H,2H2,1H3/t12-,13?;;/m0../s1. The van der Waals surface area contributed by atoms with Crippen molar-refractivity contribution in [2.75, 3.05) is 23.3 Å². The molecule has 2 unspecified atom stereocenters. The molecule has 216 valence electrons. The molecule has 3 atom stereocenters. The second-order valence-corrected chi connectivity index (χ2v) is 11.7. The van der Waals surface area contributed by atoms with Gasteiger partial charge in [-0.1, -0.05) is 24.6 Å². The van der Waals surface area contributed by atoms with E-state index in [1.54, 1.807) is 36.1 Å². The number of aromatic nitrogens is 4. The molecule has 14 heteroatoms. The summed E-state index contributed by atoms with van der Waals surface area (Å²) in [7, 11) is -2.15. The zero-order valence-electron chi connectivity index (χ0n) is 22.5. The van der Waals surface area contributed by atoms with Gasteiger partial charge in [0.25, 0.3) is 16.0 Å². The van der Waals surface area contributed by atoms with E-state index in [-0.39, 0.29) is 17.2 Å². The Bertz CT molecular complexity index is 1400. The summed E-state index contributed by atoms with van der Waals surface area (Å²) in [4.78, 5) is 24.2. The predicted molar refractivity (Wildman–Crippen MR) is 145 cm³/mol. The molecule has 0 spiro atoms. The van der Waals surface area contributed by atoms with Gasteiger partial charge < -0.3 is 15.1 Å². The summed E-state index contributed by atoms with van der Waals surface area (Å²) in [6.07, 6.45) is 8.62. The molecule has 1 amide bonds. The summed E-state index contributed by atoms with van der Waals surface area (Å²) in [5, 5.41) is 7.28. The van der Waals surface area contributed by atoms with E-state index in [2.05, 4.69) is 25.3 Å². The van der Waals surface area contributed by atoms with Crippen LogP contribution in [0.2, 0.25) is 0 Å². The zero-order valence-corrected chi connectivity index (χ0v) is 23.3. The number of nitrogens with zero attached hydrogens (tertiary/aromatic N) is 6. The van der Waals surface area contributed by atoms with E-state index in [1.807, 2.05) is 31.1 Å². The maximum Gasteiger partial charge on any atom is 0.294 e. The van der Waals surface area contributed by atoms with Gasteiger partial charge in [0.15, 0.2) is 0 Å². The van der Waals surface area contributed by atoms with Crippen LogP contribution in [-0.2, 0) is 22.0 Å². The third-order valence-corrected chi connectivity index (χ3v) is 7.91. The number of nitrogens with one attached hydrogen (secondary N) is 1. The molecule has 2 saturated heterocycles. The average Bonchev–Trinajstić information content (AvgIpc) is 3.14. The van der Waals surface area contributed by atoms with Gasteiger partial charge in [-0.25, -0.2) is 13.8 Å². The van der Waals surface area contributed by atoms with Gasteiger partial charge in [0, 0.05) is 57.0 Å². The highest BCUT2D eigenvalue weighted by Gasteiger charge is 2.53. The lowest BCUT2D eigenvalue weighted by Crippen LogP contribution is -2.53. The molecule has 0 radical (unpaired) electrons. The molecule has 4 heterocycles. The number of halogens is 2. The van der Waals surface area contributed by atoms with Crippen molar-refractivity contribution in [3.63, 3.8) is 0 Å². The topological polar surface area (TPSA) is 134 Å². The number of benzene rings is 1. The summed E-state index contributed by atoms with van der Waals surface area (Å²) in [6, 6.07) is 8.51. The Labute approximate surface area is 232 Å². The van der Waals surface area contributed by atoms with Crippen molar-refractivity contribution >= 4 is 34.0 Å². The van der Waals surface area contributed by atoms with Gasteiger partial charge in [-0.2, -0.15) is 18.5 Å². The van der Waals surface area contributed by atoms with Gasteiger partial charge in [0.05, 0.1) is 16.8 Å². The van der Waals surface area contributed by atoms with Gasteiger partial charge >= 0.3 is 0 Å². The molecule has 40 heavy (non-hydrogen) atoms. The SMILES string of the molecule is CC1CC1(F)F.Cc1ccc(S(=O)(=O)O)cc1.Cn1cc(Nc2nccc(N3CC4CC[C@@H](C3)N4C=O)n2)cn1. The summed E-state index contributed by atoms with van der Waals surface area (Å²) in [5.74, 6) is -1.17. The number of aryl methyl sites for hydroxylation is 2. The highest BCUT2D eigenvalue weighted by molar-refractivity contribution is 7.85. The van der Waals surface area contributed by atoms with Crippen molar-refractivity contribution in [3.05, 3.63) is 54.5 Å². The van der Waals surface area contributed by atoms with Gasteiger partial charge in [0.2, 0.25) is 12.4 Å². The minimum atomic E-state index is -4.02. The van der Waals surface area contributed by atoms with Crippen LogP contribution in [0.5, 0.6) is 0 Å². The highest BCUT2D eigenvalue weighted by Crippen LogP contribution is 2.47. The number of hydrogen-bond acceptors (Lipinski definition) is 8. The van der Waals surface area contributed by atoms with Gasteiger partial charge in [0.1, 0.15) is 5.82 Å². The Morgan fingerprint density at radius 2 is 1.73 bits per heavy atom. The van der Waals surface area contributed by atoms with Crippen LogP contribution in [0.3, 0.4) is 0 Å². The smallest absolute Gasteiger partial charge is 0.294 e. The van der Waals surface area contributed by atoms with E-state index in [0.717, 1.165) is 49.4 Å². The molecule has 1 aromatic carbocycles. The molecule has 1 saturated carbocycles. The predicted octanol–water partition coefficient (Wildman–Crippen LogP) is 3.67. The molecule has 3 aliphatic rings. The molecule has 2 aliphatic heterocycles. The minimum Gasteiger partial charge on any atom is -0.352 e. The fourth-order valence-corrected chi connectivity index (χ4v) is 5.03. The van der Waals surface area contributed by atoms with Crippen molar-refractivity contribution in [1.82, 2.24) is 24.6 Å². The van der Waals surface area contributed by atoms with E-state index in [1.165, 1.54) is 12.1 Å². The summed E-state index contributed by atoms with van der Waals surface area (Å²) < 4.78 is 54.3. The van der Waals surface area contributed by atoms with Gasteiger partial charge in [-0.3, -0.25) is 14.0 Å². The Morgan fingerprint density at radius 3 is 2.20 bits per heavy atom. The second-order valence-electron chi connectivity index (χ2n) is 10.3. The number of anilines is 3. The van der Waals surface area contributed by atoms with Crippen molar-refractivity contribution in [2.24, 2.45) is 13.0 Å². The van der Waals surface area contributed by atoms with Crippen LogP contribution < -0.4 is 10.2 Å². The first-order chi connectivity index (χ1) is 18.9. The number of hydrogen-bond donors (Lipinski definition) is 2. The first kappa shape index (κ1) is 29.3. The first-order valence-corrected chi connectivity index (χ1v) is 14.3. The van der Waals surface area contributed by atoms with Crippen molar-refractivity contribution in [3.8, 4) is 0 Å². The molecule has 3 fully saturated rings. The Hall–Kier alpha value is -3.65. The summed E-state index contributed by atoms with van der Waals surface area (Å²) in [5.41, 5.74) is 1.81. The van der Waals surface area contributed by atoms with Crippen LogP contribution in [0, 0.1) is 12.8 Å². The van der Waals surface area contributed by atoms with E-state index in [0.29, 0.717) is 18.0 Å². The molecule has 11 nitrogen and oxygen atoms in total. The number of carbonyl (C=O) groups excluding carboxylic acids is 1. The van der Waals surface area contributed by atoms with Crippen molar-refractivity contribution in [2.45, 2.75) is 56.0 Å². The maximum absolute atomic E-state index is 11.5. The van der Waals surface area contributed by atoms with Gasteiger partial charge in [-0.05, 0) is 38.0 Å². The lowest BCUT2D eigenvalue weighted by atomic mass is 10.2. The van der Waals surface area contributed by atoms with E-state index >= 15 is 0 Å². The minimum absolute atomic E-state index is 0.0666. The fraction of sp³-hybridized carbons (Fsp3) is 0.462. The number of piperazine rings is 1. The summed E-state index contributed by atoms with van der Waals surface area (Å²) in [6.45, 7) is 5.06. The number of carbonyl (C=O) groups is 1. The molecular formula is C26H33F2N7O4S. The van der Waals surface area contributed by atoms with Crippen LogP contribution in [0.25, 0.3) is 0 Å². The molecule has 2 aromatic heterocycles. The average molecular weight is 578 g/mol. The lowest BCUT2D eigenvalue weighted by Gasteiger charge is -2.39. The number of amides is 1. The van der Waals surface area contributed by atoms with Crippen molar-refractivity contribution in [1.29, 1.82) is 0 Å². The molecule has 2 bridgehead atoms. The Morgan fingerprint density at radius 1 is 1.12 bits per heavy atom. The number of alkyl halides is 2. The normalized spacial score (nSPS) is 22.4. The monoisotopic (exact) mass is 577 g/mol. The summed E-state index contributed by atoms with van der Waals surface area (Å²) >= 11 is 0. The van der Waals surface area contributed by atoms with E-state index in [9.17, 15) is 22.0 Å². The number of rotatable bonds is 5. The van der Waals surface area contributed by atoms with Crippen LogP contribution in [-0.4, -0.2) is 75.1 Å². The Balaban J connectivity index is 0.000000179. The molecule has 2 N–H and O–H groups in total. The number of fused-ring (bicyclic) bond motifs is 2.